The van der Waals surface area contributed by atoms with Crippen LogP contribution in [0.1, 0.15) is 6.92 Å². The molecule has 1 saturated heterocycles. The molecular formula is C12H19N2+. The van der Waals surface area contributed by atoms with Crippen LogP contribution in [0, 0.1) is 0 Å². The summed E-state index contributed by atoms with van der Waals surface area (Å²) in [5, 5.41) is 3.43. The van der Waals surface area contributed by atoms with Gasteiger partial charge in [-0.2, -0.15) is 0 Å². The van der Waals surface area contributed by atoms with Crippen molar-refractivity contribution in [3.05, 3.63) is 30.3 Å². The van der Waals surface area contributed by atoms with Gasteiger partial charge in [-0.25, -0.2) is 0 Å². The summed E-state index contributed by atoms with van der Waals surface area (Å²) in [7, 11) is 0. The smallest absolute Gasteiger partial charge is 0.132 e. The molecule has 0 aromatic heterocycles. The molecular weight excluding hydrogens is 172 g/mol. The van der Waals surface area contributed by atoms with Crippen molar-refractivity contribution in [2.75, 3.05) is 32.7 Å². The van der Waals surface area contributed by atoms with Crippen LogP contribution < -0.4 is 9.80 Å². The van der Waals surface area contributed by atoms with Gasteiger partial charge in [0, 0.05) is 13.1 Å². The Bertz CT molecular complexity index is 276. The van der Waals surface area contributed by atoms with Crippen LogP contribution in [-0.4, -0.2) is 32.7 Å². The highest BCUT2D eigenvalue weighted by Crippen LogP contribution is 2.22. The van der Waals surface area contributed by atoms with Gasteiger partial charge in [-0.3, -0.25) is 4.48 Å². The summed E-state index contributed by atoms with van der Waals surface area (Å²) in [6.07, 6.45) is 0. The van der Waals surface area contributed by atoms with Crippen molar-refractivity contribution in [1.82, 2.24) is 9.80 Å². The number of benzene rings is 1. The number of rotatable bonds is 2. The lowest BCUT2D eigenvalue weighted by molar-refractivity contribution is 0.252. The number of piperazine rings is 1. The fraction of sp³-hybridized carbons (Fsp3) is 0.500. The van der Waals surface area contributed by atoms with Gasteiger partial charge in [0.1, 0.15) is 5.69 Å². The van der Waals surface area contributed by atoms with Crippen LogP contribution in [0.15, 0.2) is 30.3 Å². The fourth-order valence-electron chi connectivity index (χ4n) is 2.32. The average Bonchev–Trinajstić information content (AvgIpc) is 2.31. The number of hydrogen-bond acceptors (Lipinski definition) is 1. The molecule has 0 aliphatic carbocycles. The minimum Gasteiger partial charge on any atom is -0.306 e. The number of likely N-dealkylation sites (N-methyl/N-ethyl adjacent to an activating group) is 1. The average molecular weight is 191 g/mol. The summed E-state index contributed by atoms with van der Waals surface area (Å²) in [5.74, 6) is 0. The van der Waals surface area contributed by atoms with Gasteiger partial charge in [-0.05, 0) is 19.1 Å². The van der Waals surface area contributed by atoms with E-state index in [1.54, 1.807) is 0 Å². The zero-order valence-corrected chi connectivity index (χ0v) is 8.87. The van der Waals surface area contributed by atoms with Gasteiger partial charge in [0.25, 0.3) is 0 Å². The van der Waals surface area contributed by atoms with E-state index in [9.17, 15) is 0 Å². The second-order valence-electron chi connectivity index (χ2n) is 3.99. The molecule has 76 valence electrons. The van der Waals surface area contributed by atoms with Crippen LogP contribution in [0.4, 0.5) is 5.69 Å². The molecule has 1 aliphatic heterocycles. The van der Waals surface area contributed by atoms with Crippen molar-refractivity contribution >= 4 is 5.69 Å². The van der Waals surface area contributed by atoms with E-state index in [0.717, 1.165) is 17.6 Å². The third-order valence-corrected chi connectivity index (χ3v) is 3.34. The predicted octanol–water partition coefficient (Wildman–Crippen LogP) is 1.62. The third kappa shape index (κ3) is 1.68. The molecule has 0 bridgehead atoms. The van der Waals surface area contributed by atoms with Gasteiger partial charge < -0.3 is 5.32 Å². The van der Waals surface area contributed by atoms with E-state index in [4.69, 9.17) is 0 Å². The highest BCUT2D eigenvalue weighted by atomic mass is 15.4. The normalized spacial score (nSPS) is 20.6. The van der Waals surface area contributed by atoms with Crippen LogP contribution >= 0.6 is 0 Å². The minimum atomic E-state index is 1.14. The lowest BCUT2D eigenvalue weighted by atomic mass is 10.2. The minimum absolute atomic E-state index is 1.14. The largest absolute Gasteiger partial charge is 0.306 e. The lowest BCUT2D eigenvalue weighted by Gasteiger charge is -2.40. The van der Waals surface area contributed by atoms with E-state index in [1.807, 2.05) is 0 Å². The summed E-state index contributed by atoms with van der Waals surface area (Å²) in [6.45, 7) is 8.22. The Morgan fingerprint density at radius 3 is 2.36 bits per heavy atom. The second kappa shape index (κ2) is 4.11. The SMILES string of the molecule is CC[N+]1(c2ccccc2)CCNCC1. The molecule has 1 aromatic carbocycles. The first kappa shape index (κ1) is 9.69. The zero-order valence-electron chi connectivity index (χ0n) is 8.87. The molecule has 2 heteroatoms. The van der Waals surface area contributed by atoms with Gasteiger partial charge >= 0.3 is 0 Å². The molecule has 0 radical (unpaired) electrons. The van der Waals surface area contributed by atoms with Gasteiger partial charge in [0.2, 0.25) is 0 Å². The van der Waals surface area contributed by atoms with Crippen LogP contribution in [0.3, 0.4) is 0 Å². The van der Waals surface area contributed by atoms with E-state index < -0.39 is 0 Å². The first-order valence-electron chi connectivity index (χ1n) is 5.50. The predicted molar refractivity (Wildman–Crippen MR) is 61.4 cm³/mol. The fourth-order valence-corrected chi connectivity index (χ4v) is 2.32. The summed E-state index contributed by atoms with van der Waals surface area (Å²) >= 11 is 0. The Morgan fingerprint density at radius 2 is 1.79 bits per heavy atom. The van der Waals surface area contributed by atoms with Crippen molar-refractivity contribution in [2.24, 2.45) is 0 Å². The van der Waals surface area contributed by atoms with E-state index in [-0.39, 0.29) is 0 Å². The Morgan fingerprint density at radius 1 is 1.14 bits per heavy atom. The molecule has 2 nitrogen and oxygen atoms in total. The Labute approximate surface area is 86.1 Å². The van der Waals surface area contributed by atoms with E-state index in [1.165, 1.54) is 25.3 Å². The highest BCUT2D eigenvalue weighted by molar-refractivity contribution is 5.42. The van der Waals surface area contributed by atoms with Crippen LogP contribution in [0.25, 0.3) is 0 Å². The molecule has 1 N–H and O–H groups in total. The molecule has 1 fully saturated rings. The molecule has 1 aromatic rings. The van der Waals surface area contributed by atoms with Crippen LogP contribution in [0.5, 0.6) is 0 Å². The van der Waals surface area contributed by atoms with Crippen molar-refractivity contribution in [3.63, 3.8) is 0 Å². The molecule has 1 heterocycles. The van der Waals surface area contributed by atoms with Gasteiger partial charge in [-0.1, -0.05) is 18.2 Å². The van der Waals surface area contributed by atoms with Gasteiger partial charge in [-0.15, -0.1) is 0 Å². The van der Waals surface area contributed by atoms with Crippen molar-refractivity contribution in [2.45, 2.75) is 6.92 Å². The molecule has 2 rings (SSSR count). The quantitative estimate of drug-likeness (QED) is 0.700. The van der Waals surface area contributed by atoms with Crippen molar-refractivity contribution < 1.29 is 0 Å². The maximum absolute atomic E-state index is 3.43. The topological polar surface area (TPSA) is 12.0 Å². The number of nitrogens with one attached hydrogen (secondary N) is 1. The third-order valence-electron chi connectivity index (χ3n) is 3.34. The standard InChI is InChI=1S/C12H19N2/c1-2-14(10-8-13-9-11-14)12-6-4-3-5-7-12/h3-7,13H,2,8-11H2,1H3/q+1. The van der Waals surface area contributed by atoms with E-state index in [0.29, 0.717) is 0 Å². The molecule has 0 saturated carbocycles. The molecule has 0 amide bonds. The first-order chi connectivity index (χ1) is 6.87. The van der Waals surface area contributed by atoms with Gasteiger partial charge in [0.05, 0.1) is 19.6 Å². The van der Waals surface area contributed by atoms with Crippen LogP contribution in [-0.2, 0) is 0 Å². The zero-order chi connectivity index (χ0) is 9.86. The number of para-hydroxylation sites is 1. The summed E-state index contributed by atoms with van der Waals surface area (Å²) in [6, 6.07) is 10.9. The summed E-state index contributed by atoms with van der Waals surface area (Å²) in [5.41, 5.74) is 1.47. The summed E-state index contributed by atoms with van der Waals surface area (Å²) < 4.78 is 1.15. The lowest BCUT2D eigenvalue weighted by Crippen LogP contribution is -2.59. The van der Waals surface area contributed by atoms with Crippen molar-refractivity contribution in [3.8, 4) is 0 Å². The molecule has 1 aliphatic rings. The van der Waals surface area contributed by atoms with Gasteiger partial charge in [0.15, 0.2) is 0 Å². The molecule has 0 atom stereocenters. The van der Waals surface area contributed by atoms with E-state index >= 15 is 0 Å². The van der Waals surface area contributed by atoms with Crippen molar-refractivity contribution in [1.29, 1.82) is 0 Å². The molecule has 0 spiro atoms. The maximum atomic E-state index is 3.43. The summed E-state index contributed by atoms with van der Waals surface area (Å²) in [4.78, 5) is 0. The second-order valence-corrected chi connectivity index (χ2v) is 3.99. The number of nitrogens with zero attached hydrogens (tertiary/aromatic N) is 1. The Hall–Kier alpha value is -0.860. The van der Waals surface area contributed by atoms with Crippen LogP contribution in [0.2, 0.25) is 0 Å². The molecule has 0 unspecified atom stereocenters. The molecule has 14 heavy (non-hydrogen) atoms. The number of quaternary nitrogens is 1. The highest BCUT2D eigenvalue weighted by Gasteiger charge is 2.29. The maximum Gasteiger partial charge on any atom is 0.132 e. The monoisotopic (exact) mass is 191 g/mol. The number of hydrogen-bond donors (Lipinski definition) is 1. The Balaban J connectivity index is 2.27. The van der Waals surface area contributed by atoms with E-state index in [2.05, 4.69) is 42.6 Å². The first-order valence-corrected chi connectivity index (χ1v) is 5.50. The Kier molecular flexibility index (Phi) is 2.85.